The van der Waals surface area contributed by atoms with Crippen molar-refractivity contribution in [1.29, 1.82) is 0 Å². The lowest BCUT2D eigenvalue weighted by Gasteiger charge is -2.20. The van der Waals surface area contributed by atoms with Crippen LogP contribution in [0.2, 0.25) is 0 Å². The number of fused-ring (bicyclic) bond motifs is 1. The summed E-state index contributed by atoms with van der Waals surface area (Å²) in [6, 6.07) is 11.7. The van der Waals surface area contributed by atoms with Crippen LogP contribution in [-0.2, 0) is 11.3 Å². The third-order valence-corrected chi connectivity index (χ3v) is 3.81. The first-order chi connectivity index (χ1) is 9.66. The fourth-order valence-electron chi connectivity index (χ4n) is 2.71. The Morgan fingerprint density at radius 1 is 1.35 bits per heavy atom. The van der Waals surface area contributed by atoms with Gasteiger partial charge in [0.25, 0.3) is 0 Å². The predicted molar refractivity (Wildman–Crippen MR) is 76.8 cm³/mol. The summed E-state index contributed by atoms with van der Waals surface area (Å²) in [7, 11) is 0. The Morgan fingerprint density at radius 2 is 2.15 bits per heavy atom. The van der Waals surface area contributed by atoms with E-state index in [1.54, 1.807) is 6.20 Å². The average molecular weight is 268 g/mol. The summed E-state index contributed by atoms with van der Waals surface area (Å²) in [5.41, 5.74) is 4.02. The number of anilines is 1. The summed E-state index contributed by atoms with van der Waals surface area (Å²) in [6.07, 6.45) is 1.78. The van der Waals surface area contributed by atoms with Gasteiger partial charge in [-0.25, -0.2) is 0 Å². The van der Waals surface area contributed by atoms with Crippen LogP contribution >= 0.6 is 0 Å². The van der Waals surface area contributed by atoms with Crippen LogP contribution in [0.25, 0.3) is 0 Å². The van der Waals surface area contributed by atoms with Crippen LogP contribution in [0.3, 0.4) is 0 Å². The third-order valence-electron chi connectivity index (χ3n) is 3.81. The molecule has 1 aliphatic rings. The summed E-state index contributed by atoms with van der Waals surface area (Å²) < 4.78 is 0. The minimum atomic E-state index is -0.766. The molecule has 1 aromatic heterocycles. The SMILES string of the molecule is Cc1cccnc1CN1CC(C(=O)O)c2ccccc21. The molecule has 1 aromatic carbocycles. The van der Waals surface area contributed by atoms with Crippen LogP contribution < -0.4 is 4.90 Å². The summed E-state index contributed by atoms with van der Waals surface area (Å²) in [5.74, 6) is -1.21. The fraction of sp³-hybridized carbons (Fsp3) is 0.250. The van der Waals surface area contributed by atoms with Crippen LogP contribution in [0.5, 0.6) is 0 Å². The molecule has 0 fully saturated rings. The first kappa shape index (κ1) is 12.7. The molecule has 2 aromatic rings. The largest absolute Gasteiger partial charge is 0.481 e. The molecule has 4 nitrogen and oxygen atoms in total. The molecule has 0 bridgehead atoms. The number of para-hydroxylation sites is 1. The summed E-state index contributed by atoms with van der Waals surface area (Å²) in [4.78, 5) is 17.9. The van der Waals surface area contributed by atoms with Gasteiger partial charge < -0.3 is 10.0 Å². The molecular weight excluding hydrogens is 252 g/mol. The Balaban J connectivity index is 1.93. The van der Waals surface area contributed by atoms with E-state index < -0.39 is 11.9 Å². The molecular formula is C16H16N2O2. The summed E-state index contributed by atoms with van der Waals surface area (Å²) in [6.45, 7) is 3.18. The topological polar surface area (TPSA) is 53.4 Å². The third kappa shape index (κ3) is 2.13. The van der Waals surface area contributed by atoms with Crippen molar-refractivity contribution in [3.05, 3.63) is 59.4 Å². The number of aromatic nitrogens is 1. The maximum Gasteiger partial charge on any atom is 0.312 e. The van der Waals surface area contributed by atoms with E-state index in [1.807, 2.05) is 43.3 Å². The second-order valence-electron chi connectivity index (χ2n) is 5.10. The molecule has 1 atom stereocenters. The zero-order chi connectivity index (χ0) is 14.1. The molecule has 0 saturated heterocycles. The fourth-order valence-corrected chi connectivity index (χ4v) is 2.71. The molecule has 0 spiro atoms. The molecule has 1 N–H and O–H groups in total. The number of pyridine rings is 1. The van der Waals surface area contributed by atoms with E-state index in [-0.39, 0.29) is 0 Å². The maximum atomic E-state index is 11.4. The number of aliphatic carboxylic acids is 1. The van der Waals surface area contributed by atoms with Crippen LogP contribution in [0.15, 0.2) is 42.6 Å². The van der Waals surface area contributed by atoms with Gasteiger partial charge in [0.1, 0.15) is 5.92 Å². The van der Waals surface area contributed by atoms with E-state index in [4.69, 9.17) is 0 Å². The van der Waals surface area contributed by atoms with Gasteiger partial charge in [-0.05, 0) is 30.2 Å². The van der Waals surface area contributed by atoms with Crippen molar-refractivity contribution in [2.24, 2.45) is 0 Å². The van der Waals surface area contributed by atoms with Gasteiger partial charge >= 0.3 is 5.97 Å². The highest BCUT2D eigenvalue weighted by molar-refractivity contribution is 5.82. The monoisotopic (exact) mass is 268 g/mol. The highest BCUT2D eigenvalue weighted by Gasteiger charge is 2.33. The normalized spacial score (nSPS) is 17.1. The predicted octanol–water partition coefficient (Wildman–Crippen LogP) is 2.58. The van der Waals surface area contributed by atoms with E-state index in [2.05, 4.69) is 9.88 Å². The van der Waals surface area contributed by atoms with Crippen molar-refractivity contribution < 1.29 is 9.90 Å². The Bertz CT molecular complexity index is 654. The molecule has 3 rings (SSSR count). The van der Waals surface area contributed by atoms with Crippen molar-refractivity contribution in [3.8, 4) is 0 Å². The molecule has 0 radical (unpaired) electrons. The second-order valence-corrected chi connectivity index (χ2v) is 5.10. The maximum absolute atomic E-state index is 11.4. The van der Waals surface area contributed by atoms with Gasteiger partial charge in [0, 0.05) is 18.4 Å². The van der Waals surface area contributed by atoms with Gasteiger partial charge in [0.2, 0.25) is 0 Å². The average Bonchev–Trinajstić information content (AvgIpc) is 2.81. The van der Waals surface area contributed by atoms with Crippen molar-refractivity contribution in [1.82, 2.24) is 4.98 Å². The number of carboxylic acids is 1. The van der Waals surface area contributed by atoms with Crippen molar-refractivity contribution in [2.45, 2.75) is 19.4 Å². The lowest BCUT2D eigenvalue weighted by atomic mass is 10.0. The number of carboxylic acid groups (broad SMARTS) is 1. The van der Waals surface area contributed by atoms with Crippen molar-refractivity contribution >= 4 is 11.7 Å². The highest BCUT2D eigenvalue weighted by Crippen LogP contribution is 2.37. The summed E-state index contributed by atoms with van der Waals surface area (Å²) in [5, 5.41) is 9.36. The van der Waals surface area contributed by atoms with Crippen molar-refractivity contribution in [2.75, 3.05) is 11.4 Å². The van der Waals surface area contributed by atoms with Crippen molar-refractivity contribution in [3.63, 3.8) is 0 Å². The van der Waals surface area contributed by atoms with Gasteiger partial charge in [-0.3, -0.25) is 9.78 Å². The van der Waals surface area contributed by atoms with Crippen LogP contribution in [0, 0.1) is 6.92 Å². The van der Waals surface area contributed by atoms with E-state index in [9.17, 15) is 9.90 Å². The molecule has 0 amide bonds. The first-order valence-corrected chi connectivity index (χ1v) is 6.64. The summed E-state index contributed by atoms with van der Waals surface area (Å²) >= 11 is 0. The number of aryl methyl sites for hydroxylation is 1. The Kier molecular flexibility index (Phi) is 3.14. The molecule has 2 heterocycles. The molecule has 1 aliphatic heterocycles. The van der Waals surface area contributed by atoms with Gasteiger partial charge in [0.05, 0.1) is 12.2 Å². The van der Waals surface area contributed by atoms with Crippen LogP contribution in [0.4, 0.5) is 5.69 Å². The second kappa shape index (κ2) is 4.96. The smallest absolute Gasteiger partial charge is 0.312 e. The molecule has 102 valence electrons. The lowest BCUT2D eigenvalue weighted by Crippen LogP contribution is -2.24. The van der Waals surface area contributed by atoms with Gasteiger partial charge in [-0.15, -0.1) is 0 Å². The number of rotatable bonds is 3. The first-order valence-electron chi connectivity index (χ1n) is 6.64. The van der Waals surface area contributed by atoms with Gasteiger partial charge in [0.15, 0.2) is 0 Å². The molecule has 4 heteroatoms. The molecule has 20 heavy (non-hydrogen) atoms. The quantitative estimate of drug-likeness (QED) is 0.929. The van der Waals surface area contributed by atoms with Gasteiger partial charge in [-0.2, -0.15) is 0 Å². The number of hydrogen-bond donors (Lipinski definition) is 1. The number of benzene rings is 1. The highest BCUT2D eigenvalue weighted by atomic mass is 16.4. The van der Waals surface area contributed by atoms with E-state index in [0.29, 0.717) is 13.1 Å². The molecule has 1 unspecified atom stereocenters. The zero-order valence-electron chi connectivity index (χ0n) is 11.3. The van der Waals surface area contributed by atoms with E-state index in [1.165, 1.54) is 0 Å². The Morgan fingerprint density at radius 3 is 2.90 bits per heavy atom. The Labute approximate surface area is 117 Å². The standard InChI is InChI=1S/C16H16N2O2/c1-11-5-4-8-17-14(11)10-18-9-13(16(19)20)12-6-2-3-7-15(12)18/h2-8,13H,9-10H2,1H3,(H,19,20). The molecule has 0 saturated carbocycles. The number of nitrogens with zero attached hydrogens (tertiary/aromatic N) is 2. The number of hydrogen-bond acceptors (Lipinski definition) is 3. The minimum absolute atomic E-state index is 0.449. The number of carbonyl (C=O) groups is 1. The van der Waals surface area contributed by atoms with E-state index >= 15 is 0 Å². The van der Waals surface area contributed by atoms with Crippen LogP contribution in [-0.4, -0.2) is 22.6 Å². The minimum Gasteiger partial charge on any atom is -0.481 e. The molecule has 0 aliphatic carbocycles. The Hall–Kier alpha value is -2.36. The van der Waals surface area contributed by atoms with Crippen LogP contribution in [0.1, 0.15) is 22.7 Å². The van der Waals surface area contributed by atoms with E-state index in [0.717, 1.165) is 22.5 Å². The lowest BCUT2D eigenvalue weighted by molar-refractivity contribution is -0.138. The van der Waals surface area contributed by atoms with Gasteiger partial charge in [-0.1, -0.05) is 24.3 Å². The zero-order valence-corrected chi connectivity index (χ0v) is 11.3.